The minimum atomic E-state index is -0.411. The van der Waals surface area contributed by atoms with Gasteiger partial charge < -0.3 is 8.83 Å². The van der Waals surface area contributed by atoms with E-state index in [2.05, 4.69) is 127 Å². The molecule has 0 saturated carbocycles. The second-order valence-corrected chi connectivity index (χ2v) is 15.5. The summed E-state index contributed by atoms with van der Waals surface area (Å²) in [5.74, 6) is 0. The zero-order valence-electron chi connectivity index (χ0n) is 37.1. The van der Waals surface area contributed by atoms with Crippen LogP contribution in [0.4, 0.5) is 0 Å². The number of fused-ring (bicyclic) bond motifs is 11. The molecule has 0 aliphatic carbocycles. The summed E-state index contributed by atoms with van der Waals surface area (Å²) in [7, 11) is 0. The Morgan fingerprint density at radius 2 is 0.833 bits per heavy atom. The van der Waals surface area contributed by atoms with Gasteiger partial charge >= 0.3 is 0 Å². The maximum Gasteiger partial charge on any atom is 0.143 e. The highest BCUT2D eigenvalue weighted by Gasteiger charge is 2.24. The normalized spacial score (nSPS) is 13.2. The molecule has 0 bridgehead atoms. The molecule has 11 aromatic carbocycles. The largest absolute Gasteiger partial charge is 0.456 e. The molecule has 0 saturated heterocycles. The number of benzene rings is 11. The summed E-state index contributed by atoms with van der Waals surface area (Å²) < 4.78 is 57.1. The zero-order valence-corrected chi connectivity index (χ0v) is 32.1. The highest BCUT2D eigenvalue weighted by Crippen LogP contribution is 2.50. The van der Waals surface area contributed by atoms with Crippen LogP contribution in [0.1, 0.15) is 6.85 Å². The molecule has 2 heteroatoms. The van der Waals surface area contributed by atoms with Gasteiger partial charge in [-0.2, -0.15) is 0 Å². The summed E-state index contributed by atoms with van der Waals surface area (Å²) in [5, 5.41) is 12.0. The Balaban J connectivity index is 1.12. The van der Waals surface area contributed by atoms with Gasteiger partial charge in [0, 0.05) is 32.7 Å². The number of hydrogen-bond donors (Lipinski definition) is 0. The first kappa shape index (κ1) is 28.5. The molecule has 0 unspecified atom stereocenters. The molecule has 2 nitrogen and oxygen atoms in total. The van der Waals surface area contributed by atoms with Crippen LogP contribution in [0.15, 0.2) is 215 Å². The standard InChI is InChI=1S/C58H34O2/c1-2-16-36(17-3-1)53-42-19-6-8-21-44(42)54(45-22-9-7-20-43(45)53)40-26-12-25-39-38(40)24-13-27-41(39)56-46(32-34-52-57(56)48-23-10-11-30-50(48)59-52)47-28-14-29-49-55-37-18-5-4-15-35(37)31-33-51(55)60-58(47)49/h1-34H/i1D,2D,3D,16D,17D. The van der Waals surface area contributed by atoms with Crippen LogP contribution in [0.5, 0.6) is 0 Å². The van der Waals surface area contributed by atoms with Crippen molar-refractivity contribution >= 4 is 87.0 Å². The van der Waals surface area contributed by atoms with Crippen LogP contribution < -0.4 is 0 Å². The zero-order chi connectivity index (χ0) is 43.7. The second-order valence-electron chi connectivity index (χ2n) is 15.5. The van der Waals surface area contributed by atoms with Crippen molar-refractivity contribution in [3.05, 3.63) is 206 Å². The van der Waals surface area contributed by atoms with Crippen LogP contribution >= 0.6 is 0 Å². The first-order chi connectivity index (χ1) is 31.9. The van der Waals surface area contributed by atoms with E-state index in [1.54, 1.807) is 0 Å². The Morgan fingerprint density at radius 1 is 0.300 bits per heavy atom. The minimum Gasteiger partial charge on any atom is -0.456 e. The monoisotopic (exact) mass is 767 g/mol. The highest BCUT2D eigenvalue weighted by molar-refractivity contribution is 6.26. The predicted octanol–water partition coefficient (Wildman–Crippen LogP) is 16.8. The summed E-state index contributed by atoms with van der Waals surface area (Å²) >= 11 is 0. The average molecular weight is 768 g/mol. The quantitative estimate of drug-likeness (QED) is 0.167. The second kappa shape index (κ2) is 12.8. The molecule has 0 atom stereocenters. The molecule has 278 valence electrons. The van der Waals surface area contributed by atoms with Gasteiger partial charge in [-0.25, -0.2) is 0 Å². The summed E-state index contributed by atoms with van der Waals surface area (Å²) in [6.07, 6.45) is 0. The fourth-order valence-corrected chi connectivity index (χ4v) is 9.91. The topological polar surface area (TPSA) is 26.3 Å². The van der Waals surface area contributed by atoms with Gasteiger partial charge in [0.25, 0.3) is 0 Å². The third kappa shape index (κ3) is 4.70. The van der Waals surface area contributed by atoms with Gasteiger partial charge in [0.15, 0.2) is 0 Å². The van der Waals surface area contributed by atoms with Crippen molar-refractivity contribution in [2.24, 2.45) is 0 Å². The molecule has 0 spiro atoms. The van der Waals surface area contributed by atoms with Crippen LogP contribution in [0.3, 0.4) is 0 Å². The first-order valence-corrected chi connectivity index (χ1v) is 20.2. The summed E-state index contributed by atoms with van der Waals surface area (Å²) in [6, 6.07) is 59.0. The van der Waals surface area contributed by atoms with Gasteiger partial charge in [-0.05, 0) is 101 Å². The highest BCUT2D eigenvalue weighted by atomic mass is 16.3. The van der Waals surface area contributed by atoms with Crippen molar-refractivity contribution in [2.45, 2.75) is 0 Å². The van der Waals surface area contributed by atoms with Gasteiger partial charge in [0.1, 0.15) is 22.3 Å². The van der Waals surface area contributed by atoms with Crippen molar-refractivity contribution in [1.82, 2.24) is 0 Å². The van der Waals surface area contributed by atoms with E-state index >= 15 is 0 Å². The van der Waals surface area contributed by atoms with Crippen LogP contribution in [0, 0.1) is 0 Å². The Labute approximate surface area is 352 Å². The van der Waals surface area contributed by atoms with Crippen molar-refractivity contribution in [3.63, 3.8) is 0 Å². The lowest BCUT2D eigenvalue weighted by Gasteiger charge is -2.20. The molecule has 2 heterocycles. The van der Waals surface area contributed by atoms with Gasteiger partial charge in [-0.3, -0.25) is 0 Å². The molecule has 0 radical (unpaired) electrons. The van der Waals surface area contributed by atoms with Crippen molar-refractivity contribution in [2.75, 3.05) is 0 Å². The molecule has 13 aromatic rings. The fourth-order valence-electron chi connectivity index (χ4n) is 9.91. The van der Waals surface area contributed by atoms with E-state index in [1.807, 2.05) is 48.5 Å². The maximum absolute atomic E-state index is 9.05. The predicted molar refractivity (Wildman–Crippen MR) is 253 cm³/mol. The minimum absolute atomic E-state index is 0.191. The third-order valence-corrected chi connectivity index (χ3v) is 12.4. The molecular weight excluding hydrogens is 729 g/mol. The third-order valence-electron chi connectivity index (χ3n) is 12.4. The maximum atomic E-state index is 9.05. The van der Waals surface area contributed by atoms with Crippen LogP contribution in [0.2, 0.25) is 0 Å². The van der Waals surface area contributed by atoms with Crippen molar-refractivity contribution < 1.29 is 15.7 Å². The van der Waals surface area contributed by atoms with E-state index in [9.17, 15) is 0 Å². The SMILES string of the molecule is [2H]c1c([2H])c([2H])c(-c2c3ccccc3c(-c3cccc4c(-c5c(-c6cccc7c6oc6ccc8ccccc8c67)ccc6oc7ccccc7c56)cccc34)c3ccccc23)c([2H])c1[2H]. The summed E-state index contributed by atoms with van der Waals surface area (Å²) in [4.78, 5) is 0. The molecule has 0 N–H and O–H groups in total. The van der Waals surface area contributed by atoms with E-state index < -0.39 is 6.04 Å². The lowest BCUT2D eigenvalue weighted by molar-refractivity contribution is 0.668. The van der Waals surface area contributed by atoms with Gasteiger partial charge in [-0.1, -0.05) is 182 Å². The number of para-hydroxylation sites is 2. The lowest BCUT2D eigenvalue weighted by atomic mass is 9.83. The summed E-state index contributed by atoms with van der Waals surface area (Å²) in [5.41, 5.74) is 10.2. The smallest absolute Gasteiger partial charge is 0.143 e. The molecule has 60 heavy (non-hydrogen) atoms. The molecular formula is C58H34O2. The van der Waals surface area contributed by atoms with Crippen LogP contribution in [0.25, 0.3) is 131 Å². The summed E-state index contributed by atoms with van der Waals surface area (Å²) in [6.45, 7) is 0. The van der Waals surface area contributed by atoms with Crippen LogP contribution in [-0.4, -0.2) is 0 Å². The number of hydrogen-bond acceptors (Lipinski definition) is 2. The van der Waals surface area contributed by atoms with E-state index in [0.29, 0.717) is 5.56 Å². The Kier molecular flexibility index (Phi) is 6.06. The Hall–Kier alpha value is -7.94. The Bertz CT molecular complexity index is 4110. The molecule has 0 fully saturated rings. The van der Waals surface area contributed by atoms with Crippen LogP contribution in [-0.2, 0) is 0 Å². The van der Waals surface area contributed by atoms with E-state index in [1.165, 1.54) is 0 Å². The molecule has 0 aliphatic heterocycles. The molecule has 0 aliphatic rings. The number of furan rings is 2. The van der Waals surface area contributed by atoms with Crippen molar-refractivity contribution in [3.8, 4) is 44.5 Å². The Morgan fingerprint density at radius 3 is 1.55 bits per heavy atom. The molecule has 0 amide bonds. The van der Waals surface area contributed by atoms with E-state index in [4.69, 9.17) is 15.7 Å². The molecule has 2 aromatic heterocycles. The van der Waals surface area contributed by atoms with Gasteiger partial charge in [-0.15, -0.1) is 0 Å². The van der Waals surface area contributed by atoms with E-state index in [-0.39, 0.29) is 29.7 Å². The van der Waals surface area contributed by atoms with Gasteiger partial charge in [0.2, 0.25) is 0 Å². The number of rotatable bonds is 4. The lowest BCUT2D eigenvalue weighted by Crippen LogP contribution is -1.93. The van der Waals surface area contributed by atoms with E-state index in [0.717, 1.165) is 120 Å². The van der Waals surface area contributed by atoms with Crippen molar-refractivity contribution in [1.29, 1.82) is 0 Å². The first-order valence-electron chi connectivity index (χ1n) is 22.7. The van der Waals surface area contributed by atoms with Gasteiger partial charge in [0.05, 0.1) is 6.85 Å². The fraction of sp³-hybridized carbons (Fsp3) is 0. The molecule has 13 rings (SSSR count). The average Bonchev–Trinajstić information content (AvgIpc) is 3.94.